The van der Waals surface area contributed by atoms with E-state index < -0.39 is 0 Å². The summed E-state index contributed by atoms with van der Waals surface area (Å²) in [7, 11) is 0. The van der Waals surface area contributed by atoms with Crippen LogP contribution in [0.5, 0.6) is 5.75 Å². The maximum atomic E-state index is 12.9. The largest absolute Gasteiger partial charge is 0.487 e. The number of piperidine rings is 1. The molecular weight excluding hydrogens is 348 g/mol. The quantitative estimate of drug-likeness (QED) is 0.681. The minimum absolute atomic E-state index is 0.0462. The highest BCUT2D eigenvalue weighted by Crippen LogP contribution is 2.26. The molecule has 1 atom stereocenters. The molecule has 132 valence electrons. The van der Waals surface area contributed by atoms with E-state index in [1.54, 1.807) is 18.5 Å². The van der Waals surface area contributed by atoms with Crippen LogP contribution in [-0.2, 0) is 0 Å². The molecule has 0 bridgehead atoms. The number of pyridine rings is 1. The second-order valence-corrected chi connectivity index (χ2v) is 6.91. The summed E-state index contributed by atoms with van der Waals surface area (Å²) in [4.78, 5) is 18.8. The number of hydrogen-bond donors (Lipinski definition) is 0. The van der Waals surface area contributed by atoms with Crippen molar-refractivity contribution in [3.8, 4) is 5.75 Å². The Hall–Kier alpha value is -2.59. The van der Waals surface area contributed by atoms with E-state index in [1.807, 2.05) is 47.4 Å². The van der Waals surface area contributed by atoms with Crippen LogP contribution in [0.4, 0.5) is 0 Å². The molecule has 4 rings (SSSR count). The lowest BCUT2D eigenvalue weighted by atomic mass is 10.0. The summed E-state index contributed by atoms with van der Waals surface area (Å²) in [5, 5.41) is 2.70. The van der Waals surface area contributed by atoms with Gasteiger partial charge in [-0.05, 0) is 35.7 Å². The van der Waals surface area contributed by atoms with Crippen molar-refractivity contribution >= 4 is 28.3 Å². The van der Waals surface area contributed by atoms with Gasteiger partial charge < -0.3 is 9.64 Å². The summed E-state index contributed by atoms with van der Waals surface area (Å²) in [6.07, 6.45) is 4.97. The van der Waals surface area contributed by atoms with E-state index in [2.05, 4.69) is 4.98 Å². The Labute approximate surface area is 157 Å². The summed E-state index contributed by atoms with van der Waals surface area (Å²) in [6, 6.07) is 15.7. The van der Waals surface area contributed by atoms with Crippen molar-refractivity contribution < 1.29 is 9.53 Å². The first kappa shape index (κ1) is 16.9. The van der Waals surface area contributed by atoms with Gasteiger partial charge in [0.2, 0.25) is 0 Å². The number of rotatable bonds is 3. The number of hydrogen-bond acceptors (Lipinski definition) is 3. The van der Waals surface area contributed by atoms with Crippen LogP contribution in [0.2, 0.25) is 5.02 Å². The molecule has 1 saturated heterocycles. The normalized spacial score (nSPS) is 17.3. The number of likely N-dealkylation sites (tertiary alicyclic amines) is 1. The molecular formula is C21H19ClN2O2. The molecule has 0 aliphatic carbocycles. The average Bonchev–Trinajstić information content (AvgIpc) is 2.69. The van der Waals surface area contributed by atoms with Gasteiger partial charge in [0.05, 0.1) is 6.54 Å². The molecule has 0 spiro atoms. The lowest BCUT2D eigenvalue weighted by Crippen LogP contribution is -2.44. The van der Waals surface area contributed by atoms with Crippen molar-refractivity contribution in [2.75, 3.05) is 13.1 Å². The third-order valence-corrected chi connectivity index (χ3v) is 4.97. The molecule has 3 aromatic rings. The number of ether oxygens (including phenoxy) is 1. The van der Waals surface area contributed by atoms with Gasteiger partial charge in [0, 0.05) is 30.6 Å². The van der Waals surface area contributed by atoms with E-state index in [9.17, 15) is 4.79 Å². The maximum absolute atomic E-state index is 12.9. The van der Waals surface area contributed by atoms with Gasteiger partial charge >= 0.3 is 0 Å². The number of carbonyl (C=O) groups excluding carboxylic acids is 1. The van der Waals surface area contributed by atoms with Crippen LogP contribution in [0.3, 0.4) is 0 Å². The molecule has 1 fully saturated rings. The van der Waals surface area contributed by atoms with Gasteiger partial charge in [-0.2, -0.15) is 0 Å². The van der Waals surface area contributed by atoms with E-state index in [1.165, 1.54) is 0 Å². The summed E-state index contributed by atoms with van der Waals surface area (Å²) in [6.45, 7) is 1.31. The molecule has 2 aromatic carbocycles. The molecule has 0 saturated carbocycles. The molecule has 0 N–H and O–H groups in total. The van der Waals surface area contributed by atoms with Crippen LogP contribution in [0.1, 0.15) is 23.2 Å². The number of benzene rings is 2. The molecule has 4 nitrogen and oxygen atoms in total. The number of fused-ring (bicyclic) bond motifs is 1. The van der Waals surface area contributed by atoms with Crippen molar-refractivity contribution in [2.24, 2.45) is 0 Å². The first-order chi connectivity index (χ1) is 12.7. The van der Waals surface area contributed by atoms with E-state index in [4.69, 9.17) is 16.3 Å². The van der Waals surface area contributed by atoms with Gasteiger partial charge in [-0.1, -0.05) is 41.9 Å². The lowest BCUT2D eigenvalue weighted by Gasteiger charge is -2.33. The third-order valence-electron chi connectivity index (χ3n) is 4.69. The van der Waals surface area contributed by atoms with Crippen LogP contribution in [-0.4, -0.2) is 35.0 Å². The molecule has 2 heterocycles. The van der Waals surface area contributed by atoms with Crippen molar-refractivity contribution in [1.82, 2.24) is 9.88 Å². The monoisotopic (exact) mass is 366 g/mol. The summed E-state index contributed by atoms with van der Waals surface area (Å²) < 4.78 is 6.01. The molecule has 1 amide bonds. The summed E-state index contributed by atoms with van der Waals surface area (Å²) >= 11 is 6.13. The highest BCUT2D eigenvalue weighted by atomic mass is 35.5. The summed E-state index contributed by atoms with van der Waals surface area (Å²) in [5.74, 6) is 0.663. The van der Waals surface area contributed by atoms with Crippen LogP contribution in [0.15, 0.2) is 60.9 Å². The van der Waals surface area contributed by atoms with Gasteiger partial charge in [-0.15, -0.1) is 0 Å². The number of carbonyl (C=O) groups is 1. The first-order valence-electron chi connectivity index (χ1n) is 8.75. The second kappa shape index (κ2) is 7.34. The highest BCUT2D eigenvalue weighted by molar-refractivity contribution is 6.31. The number of nitrogens with zero attached hydrogens (tertiary/aromatic N) is 2. The molecule has 1 unspecified atom stereocenters. The highest BCUT2D eigenvalue weighted by Gasteiger charge is 2.26. The first-order valence-corrected chi connectivity index (χ1v) is 9.13. The van der Waals surface area contributed by atoms with E-state index in [0.29, 0.717) is 22.9 Å². The zero-order valence-electron chi connectivity index (χ0n) is 14.3. The number of amides is 1. The van der Waals surface area contributed by atoms with Crippen molar-refractivity contribution in [3.05, 3.63) is 71.5 Å². The van der Waals surface area contributed by atoms with Crippen LogP contribution in [0, 0.1) is 0 Å². The average molecular weight is 367 g/mol. The summed E-state index contributed by atoms with van der Waals surface area (Å²) in [5.41, 5.74) is 0.714. The zero-order chi connectivity index (χ0) is 17.9. The fraction of sp³-hybridized carbons (Fsp3) is 0.238. The van der Waals surface area contributed by atoms with Crippen LogP contribution >= 0.6 is 11.6 Å². The minimum Gasteiger partial charge on any atom is -0.487 e. The van der Waals surface area contributed by atoms with Crippen LogP contribution in [0.25, 0.3) is 10.8 Å². The van der Waals surface area contributed by atoms with Gasteiger partial charge in [0.15, 0.2) is 0 Å². The number of aromatic nitrogens is 1. The molecule has 26 heavy (non-hydrogen) atoms. The Kier molecular flexibility index (Phi) is 4.76. The SMILES string of the molecule is O=C(c1ccc2ccccc2c1)N1CCCC(Oc2ccncc2Cl)C1. The van der Waals surface area contributed by atoms with E-state index in [0.717, 1.165) is 30.2 Å². The fourth-order valence-corrected chi connectivity index (χ4v) is 3.53. The van der Waals surface area contributed by atoms with Crippen molar-refractivity contribution in [2.45, 2.75) is 18.9 Å². The Bertz CT molecular complexity index is 944. The van der Waals surface area contributed by atoms with Gasteiger partial charge in [0.25, 0.3) is 5.91 Å². The molecule has 1 aliphatic rings. The van der Waals surface area contributed by atoms with Crippen molar-refractivity contribution in [1.29, 1.82) is 0 Å². The third kappa shape index (κ3) is 3.51. The molecule has 5 heteroatoms. The lowest BCUT2D eigenvalue weighted by molar-refractivity contribution is 0.0538. The van der Waals surface area contributed by atoms with E-state index in [-0.39, 0.29) is 12.0 Å². The Balaban J connectivity index is 1.49. The predicted octanol–water partition coefficient (Wildman–Crippen LogP) is 4.57. The van der Waals surface area contributed by atoms with Gasteiger partial charge in [-0.25, -0.2) is 0 Å². The fourth-order valence-electron chi connectivity index (χ4n) is 3.36. The van der Waals surface area contributed by atoms with Crippen molar-refractivity contribution in [3.63, 3.8) is 0 Å². The Morgan fingerprint density at radius 2 is 2.00 bits per heavy atom. The smallest absolute Gasteiger partial charge is 0.254 e. The molecule has 0 radical (unpaired) electrons. The minimum atomic E-state index is -0.0620. The second-order valence-electron chi connectivity index (χ2n) is 6.50. The Morgan fingerprint density at radius 3 is 2.85 bits per heavy atom. The van der Waals surface area contributed by atoms with E-state index >= 15 is 0 Å². The topological polar surface area (TPSA) is 42.4 Å². The van der Waals surface area contributed by atoms with Gasteiger partial charge in [0.1, 0.15) is 16.9 Å². The molecule has 1 aromatic heterocycles. The van der Waals surface area contributed by atoms with Crippen LogP contribution < -0.4 is 4.74 Å². The molecule has 1 aliphatic heterocycles. The van der Waals surface area contributed by atoms with Gasteiger partial charge in [-0.3, -0.25) is 9.78 Å². The predicted molar refractivity (Wildman–Crippen MR) is 103 cm³/mol. The standard InChI is InChI=1S/C21H19ClN2O2/c22-19-13-23-10-9-20(19)26-18-6-3-11-24(14-18)21(25)17-8-7-15-4-1-2-5-16(15)12-17/h1-2,4-5,7-10,12-13,18H,3,6,11,14H2. The zero-order valence-corrected chi connectivity index (χ0v) is 15.0. The Morgan fingerprint density at radius 1 is 1.15 bits per heavy atom. The number of halogens is 1. The maximum Gasteiger partial charge on any atom is 0.254 e.